The maximum Gasteiger partial charge on any atom is 1.00 e. The minimum atomic E-state index is -5.18. The van der Waals surface area contributed by atoms with E-state index in [1.165, 1.54) is 6.07 Å². The summed E-state index contributed by atoms with van der Waals surface area (Å²) in [5.41, 5.74) is 3.01. The van der Waals surface area contributed by atoms with E-state index in [4.69, 9.17) is 0 Å². The van der Waals surface area contributed by atoms with Crippen LogP contribution in [0.4, 0.5) is 11.4 Å². The topological polar surface area (TPSA) is 141 Å². The number of hydrogen-bond acceptors (Lipinski definition) is 9. The van der Waals surface area contributed by atoms with Crippen LogP contribution in [0.15, 0.2) is 82.6 Å². The summed E-state index contributed by atoms with van der Waals surface area (Å²) in [4.78, 5) is 2.28. The second-order valence-corrected chi connectivity index (χ2v) is 11.9. The Labute approximate surface area is 250 Å². The van der Waals surface area contributed by atoms with E-state index in [1.807, 2.05) is 62.3 Å². The van der Waals surface area contributed by atoms with Crippen molar-refractivity contribution in [2.45, 2.75) is 9.79 Å². The van der Waals surface area contributed by atoms with Crippen molar-refractivity contribution in [2.75, 3.05) is 38.0 Å². The number of fused-ring (bicyclic) bond motifs is 1. The molecule has 4 aromatic carbocycles. The van der Waals surface area contributed by atoms with Gasteiger partial charge in [-0.1, -0.05) is 0 Å². The van der Waals surface area contributed by atoms with Crippen molar-refractivity contribution in [2.24, 2.45) is 0 Å². The Bertz CT molecular complexity index is 1670. The third-order valence-corrected chi connectivity index (χ3v) is 7.88. The van der Waals surface area contributed by atoms with Crippen LogP contribution >= 0.6 is 0 Å². The van der Waals surface area contributed by atoms with Gasteiger partial charge in [-0.25, -0.2) is 16.8 Å². The van der Waals surface area contributed by atoms with Gasteiger partial charge < -0.3 is 24.0 Å². The van der Waals surface area contributed by atoms with E-state index in [9.17, 15) is 31.0 Å². The monoisotopic (exact) mass is 576 g/mol. The SMILES string of the molecule is CN(C)c1ccc([C+](c2ccc(N(C)C)cc2)c2c(O)c(S(=O)(=O)[O-])cc3cc(S(=O)(=O)[O-])ccc23)cc1.[Na+]. The van der Waals surface area contributed by atoms with E-state index >= 15 is 0 Å². The first-order valence-corrected chi connectivity index (χ1v) is 14.1. The summed E-state index contributed by atoms with van der Waals surface area (Å²) in [6, 6.07) is 18.9. The van der Waals surface area contributed by atoms with E-state index in [0.717, 1.165) is 29.6 Å². The molecule has 0 aromatic heterocycles. The van der Waals surface area contributed by atoms with Gasteiger partial charge in [0.25, 0.3) is 0 Å². The van der Waals surface area contributed by atoms with Gasteiger partial charge in [0.2, 0.25) is 0 Å². The van der Waals surface area contributed by atoms with Gasteiger partial charge in [-0.05, 0) is 72.8 Å². The summed E-state index contributed by atoms with van der Waals surface area (Å²) in [5, 5.41) is 11.5. The van der Waals surface area contributed by atoms with Gasteiger partial charge in [0.15, 0.2) is 5.75 Å². The van der Waals surface area contributed by atoms with Crippen LogP contribution in [-0.4, -0.2) is 59.2 Å². The zero-order chi connectivity index (χ0) is 28.0. The molecule has 39 heavy (non-hydrogen) atoms. The number of benzene rings is 4. The van der Waals surface area contributed by atoms with Gasteiger partial charge in [-0.2, -0.15) is 0 Å². The Hall–Kier alpha value is -2.77. The summed E-state index contributed by atoms with van der Waals surface area (Å²) in [6.07, 6.45) is 0. The minimum Gasteiger partial charge on any atom is -0.744 e. The summed E-state index contributed by atoms with van der Waals surface area (Å²) >= 11 is 0. The molecular weight excluding hydrogens is 551 g/mol. The number of phenols is 1. The van der Waals surface area contributed by atoms with Crippen LogP contribution in [0.5, 0.6) is 5.75 Å². The molecule has 1 N–H and O–H groups in total. The molecule has 0 aliphatic carbocycles. The molecule has 0 unspecified atom stereocenters. The second-order valence-electron chi connectivity index (χ2n) is 9.15. The number of anilines is 2. The molecule has 0 spiro atoms. The van der Waals surface area contributed by atoms with Crippen molar-refractivity contribution in [3.63, 3.8) is 0 Å². The average Bonchev–Trinajstić information content (AvgIpc) is 2.84. The molecule has 0 aliphatic rings. The number of nitrogens with zero attached hydrogens (tertiary/aromatic N) is 2. The van der Waals surface area contributed by atoms with E-state index in [2.05, 4.69) is 0 Å². The largest absolute Gasteiger partial charge is 1.00 e. The molecule has 0 saturated carbocycles. The first kappa shape index (κ1) is 30.8. The van der Waals surface area contributed by atoms with Crippen molar-refractivity contribution >= 4 is 42.4 Å². The van der Waals surface area contributed by atoms with Crippen LogP contribution in [0.2, 0.25) is 0 Å². The minimum absolute atomic E-state index is 0. The Kier molecular flexibility index (Phi) is 8.98. The molecule has 198 valence electrons. The van der Waals surface area contributed by atoms with E-state index in [1.54, 1.807) is 24.3 Å². The fourth-order valence-corrected chi connectivity index (χ4v) is 5.37. The maximum absolute atomic E-state index is 12.2. The van der Waals surface area contributed by atoms with Gasteiger partial charge in [0.05, 0.1) is 21.9 Å². The second kappa shape index (κ2) is 11.4. The Morgan fingerprint density at radius 2 is 1.15 bits per heavy atom. The molecule has 9 nitrogen and oxygen atoms in total. The van der Waals surface area contributed by atoms with Gasteiger partial charge >= 0.3 is 29.6 Å². The molecular formula is C27H25N2NaO7S2. The van der Waals surface area contributed by atoms with E-state index in [0.29, 0.717) is 17.0 Å². The normalized spacial score (nSPS) is 11.6. The smallest absolute Gasteiger partial charge is 0.744 e. The molecule has 0 radical (unpaired) electrons. The van der Waals surface area contributed by atoms with Gasteiger partial charge in [-0.3, -0.25) is 0 Å². The third kappa shape index (κ3) is 6.36. The van der Waals surface area contributed by atoms with Crippen molar-refractivity contribution in [1.82, 2.24) is 0 Å². The zero-order valence-corrected chi connectivity index (χ0v) is 25.7. The van der Waals surface area contributed by atoms with Crippen molar-refractivity contribution in [3.8, 4) is 5.75 Å². The van der Waals surface area contributed by atoms with Crippen LogP contribution in [0.1, 0.15) is 16.7 Å². The standard InChI is InChI=1S/C27H26N2O7S2.Na/c1-28(2)20-9-5-17(6-10-20)25(18-7-11-21(12-8-18)29(3)4)26-23-14-13-22(37(31,32)33)15-19(23)16-24(27(26)30)38(34,35)36;/h5-16H,1-4H3,(H2-,30,31,32,33,34,35,36);/q;+1/p-1. The molecule has 4 aromatic rings. The molecule has 12 heteroatoms. The Morgan fingerprint density at radius 3 is 1.54 bits per heavy atom. The van der Waals surface area contributed by atoms with Gasteiger partial charge in [0, 0.05) is 50.3 Å². The van der Waals surface area contributed by atoms with Crippen molar-refractivity contribution in [3.05, 3.63) is 95.4 Å². The first-order chi connectivity index (χ1) is 17.7. The van der Waals surface area contributed by atoms with Gasteiger partial charge in [0.1, 0.15) is 30.7 Å². The molecule has 0 saturated heterocycles. The average molecular weight is 577 g/mol. The fraction of sp³-hybridized carbons (Fsp3) is 0.148. The summed E-state index contributed by atoms with van der Waals surface area (Å²) in [5.74, 6) is -0.361. The summed E-state index contributed by atoms with van der Waals surface area (Å²) in [7, 11) is -2.54. The van der Waals surface area contributed by atoms with Crippen LogP contribution < -0.4 is 39.4 Å². The van der Waals surface area contributed by atoms with Crippen LogP contribution in [-0.2, 0) is 20.2 Å². The van der Waals surface area contributed by atoms with Gasteiger partial charge in [-0.15, -0.1) is 0 Å². The Balaban J connectivity index is 0.00000420. The quantitative estimate of drug-likeness (QED) is 0.144. The van der Waals surface area contributed by atoms with Crippen LogP contribution in [0, 0.1) is 5.92 Å². The van der Waals surface area contributed by atoms with E-state index < -0.39 is 35.8 Å². The predicted octanol–water partition coefficient (Wildman–Crippen LogP) is 0.509. The number of hydrogen-bond donors (Lipinski definition) is 1. The molecule has 0 heterocycles. The molecule has 0 fully saturated rings. The fourth-order valence-electron chi connectivity index (χ4n) is 4.26. The maximum atomic E-state index is 12.2. The number of rotatable bonds is 7. The molecule has 0 atom stereocenters. The number of phenolic OH excluding ortho intramolecular Hbond substituents is 1. The van der Waals surface area contributed by atoms with Crippen molar-refractivity contribution < 1.29 is 60.6 Å². The molecule has 4 rings (SSSR count). The predicted molar refractivity (Wildman–Crippen MR) is 144 cm³/mol. The third-order valence-electron chi connectivity index (χ3n) is 6.20. The first-order valence-electron chi connectivity index (χ1n) is 11.3. The number of aromatic hydroxyl groups is 1. The van der Waals surface area contributed by atoms with Crippen LogP contribution in [0.3, 0.4) is 0 Å². The summed E-state index contributed by atoms with van der Waals surface area (Å²) < 4.78 is 71.4. The zero-order valence-electron chi connectivity index (χ0n) is 22.0. The molecule has 0 bridgehead atoms. The Morgan fingerprint density at radius 1 is 0.692 bits per heavy atom. The van der Waals surface area contributed by atoms with Crippen LogP contribution in [0.25, 0.3) is 10.8 Å². The molecule has 0 aliphatic heterocycles. The molecule has 0 amide bonds. The van der Waals surface area contributed by atoms with E-state index in [-0.39, 0.29) is 45.9 Å². The summed E-state index contributed by atoms with van der Waals surface area (Å²) in [6.45, 7) is 0. The van der Waals surface area contributed by atoms with Crippen molar-refractivity contribution in [1.29, 1.82) is 0 Å².